The number of likely N-dealkylation sites (tertiary alicyclic amines) is 1. The zero-order valence-corrected chi connectivity index (χ0v) is 13.7. The number of amides is 2. The highest BCUT2D eigenvalue weighted by atomic mass is 16.5. The molecule has 1 unspecified atom stereocenters. The van der Waals surface area contributed by atoms with Crippen LogP contribution in [0.2, 0.25) is 0 Å². The van der Waals surface area contributed by atoms with E-state index in [0.29, 0.717) is 44.2 Å². The molecular weight excluding hydrogens is 310 g/mol. The van der Waals surface area contributed by atoms with Gasteiger partial charge >= 0.3 is 0 Å². The zero-order chi connectivity index (χ0) is 16.8. The van der Waals surface area contributed by atoms with E-state index in [0.717, 1.165) is 25.8 Å². The van der Waals surface area contributed by atoms with Crippen molar-refractivity contribution < 1.29 is 19.1 Å². The van der Waals surface area contributed by atoms with Gasteiger partial charge in [-0.2, -0.15) is 0 Å². The second-order valence-electron chi connectivity index (χ2n) is 6.08. The standard InChI is InChI=1S/C17H23N3O4/c21-16-3-1-8-20(16)9-2-6-19-17(22)13-4-7-18-15(11-13)24-14-5-10-23-12-14/h4,7,11,14H,1-3,5-6,8-10,12H2,(H,19,22). The van der Waals surface area contributed by atoms with Gasteiger partial charge in [-0.05, 0) is 18.9 Å². The summed E-state index contributed by atoms with van der Waals surface area (Å²) in [5.41, 5.74) is 0.524. The number of carbonyl (C=O) groups excluding carboxylic acids is 2. The average Bonchev–Trinajstić information content (AvgIpc) is 3.24. The molecule has 0 bridgehead atoms. The SMILES string of the molecule is O=C(NCCCN1CCCC1=O)c1ccnc(OC2CCOC2)c1. The van der Waals surface area contributed by atoms with E-state index in [2.05, 4.69) is 10.3 Å². The van der Waals surface area contributed by atoms with Crippen molar-refractivity contribution in [1.29, 1.82) is 0 Å². The lowest BCUT2D eigenvalue weighted by molar-refractivity contribution is -0.127. The fraction of sp³-hybridized carbons (Fsp3) is 0.588. The summed E-state index contributed by atoms with van der Waals surface area (Å²) in [7, 11) is 0. The van der Waals surface area contributed by atoms with Crippen molar-refractivity contribution in [2.24, 2.45) is 0 Å². The number of hydrogen-bond acceptors (Lipinski definition) is 5. The first-order chi connectivity index (χ1) is 11.7. The van der Waals surface area contributed by atoms with Crippen LogP contribution in [0.25, 0.3) is 0 Å². The summed E-state index contributed by atoms with van der Waals surface area (Å²) >= 11 is 0. The van der Waals surface area contributed by atoms with Gasteiger partial charge in [-0.25, -0.2) is 4.98 Å². The number of aromatic nitrogens is 1. The van der Waals surface area contributed by atoms with Crippen LogP contribution in [0.15, 0.2) is 18.3 Å². The second-order valence-corrected chi connectivity index (χ2v) is 6.08. The first-order valence-electron chi connectivity index (χ1n) is 8.49. The predicted octanol–water partition coefficient (Wildman–Crippen LogP) is 0.992. The van der Waals surface area contributed by atoms with E-state index in [1.807, 2.05) is 4.90 Å². The van der Waals surface area contributed by atoms with Crippen molar-refractivity contribution in [2.75, 3.05) is 32.8 Å². The molecule has 7 heteroatoms. The van der Waals surface area contributed by atoms with Crippen molar-refractivity contribution in [3.63, 3.8) is 0 Å². The maximum absolute atomic E-state index is 12.2. The summed E-state index contributed by atoms with van der Waals surface area (Å²) in [5.74, 6) is 0.506. The third-order valence-corrected chi connectivity index (χ3v) is 4.23. The lowest BCUT2D eigenvalue weighted by Gasteiger charge is -2.15. The van der Waals surface area contributed by atoms with Crippen molar-refractivity contribution in [3.8, 4) is 5.88 Å². The Hall–Kier alpha value is -2.15. The van der Waals surface area contributed by atoms with Crippen LogP contribution in [0.3, 0.4) is 0 Å². The molecule has 0 aliphatic carbocycles. The van der Waals surface area contributed by atoms with E-state index in [4.69, 9.17) is 9.47 Å². The van der Waals surface area contributed by atoms with E-state index in [1.165, 1.54) is 0 Å². The van der Waals surface area contributed by atoms with Gasteiger partial charge in [0.1, 0.15) is 6.10 Å². The Morgan fingerprint density at radius 1 is 1.50 bits per heavy atom. The van der Waals surface area contributed by atoms with Crippen molar-refractivity contribution in [3.05, 3.63) is 23.9 Å². The van der Waals surface area contributed by atoms with E-state index in [1.54, 1.807) is 18.3 Å². The van der Waals surface area contributed by atoms with Crippen LogP contribution in [0.5, 0.6) is 5.88 Å². The predicted molar refractivity (Wildman–Crippen MR) is 86.9 cm³/mol. The summed E-state index contributed by atoms with van der Waals surface area (Å²) in [6, 6.07) is 3.31. The molecule has 24 heavy (non-hydrogen) atoms. The number of nitrogens with zero attached hydrogens (tertiary/aromatic N) is 2. The Labute approximate surface area is 141 Å². The van der Waals surface area contributed by atoms with Crippen LogP contribution in [-0.2, 0) is 9.53 Å². The monoisotopic (exact) mass is 333 g/mol. The third-order valence-electron chi connectivity index (χ3n) is 4.23. The molecular formula is C17H23N3O4. The summed E-state index contributed by atoms with van der Waals surface area (Å²) in [5, 5.41) is 2.87. The normalized spacial score (nSPS) is 20.4. The summed E-state index contributed by atoms with van der Waals surface area (Å²) in [6.07, 6.45) is 4.77. The van der Waals surface area contributed by atoms with E-state index in [9.17, 15) is 9.59 Å². The Morgan fingerprint density at radius 3 is 3.17 bits per heavy atom. The minimum Gasteiger partial charge on any atom is -0.472 e. The molecule has 3 heterocycles. The Balaban J connectivity index is 1.43. The molecule has 1 aromatic heterocycles. The molecule has 2 fully saturated rings. The number of rotatable bonds is 7. The fourth-order valence-electron chi connectivity index (χ4n) is 2.91. The number of nitrogens with one attached hydrogen (secondary N) is 1. The van der Waals surface area contributed by atoms with Gasteiger partial charge in [0.2, 0.25) is 11.8 Å². The van der Waals surface area contributed by atoms with Crippen molar-refractivity contribution in [2.45, 2.75) is 31.8 Å². The van der Waals surface area contributed by atoms with Crippen LogP contribution in [-0.4, -0.2) is 60.7 Å². The molecule has 1 N–H and O–H groups in total. The molecule has 2 aliphatic rings. The van der Waals surface area contributed by atoms with Gasteiger partial charge < -0.3 is 19.7 Å². The van der Waals surface area contributed by atoms with Crippen LogP contribution >= 0.6 is 0 Å². The summed E-state index contributed by atoms with van der Waals surface area (Å²) < 4.78 is 11.0. The van der Waals surface area contributed by atoms with Gasteiger partial charge in [0.05, 0.1) is 13.2 Å². The molecule has 0 radical (unpaired) electrons. The molecule has 0 spiro atoms. The van der Waals surface area contributed by atoms with E-state index in [-0.39, 0.29) is 17.9 Å². The molecule has 0 aromatic carbocycles. The highest BCUT2D eigenvalue weighted by Crippen LogP contribution is 2.15. The van der Waals surface area contributed by atoms with Gasteiger partial charge in [-0.1, -0.05) is 0 Å². The lowest BCUT2D eigenvalue weighted by Crippen LogP contribution is -2.30. The largest absolute Gasteiger partial charge is 0.472 e. The average molecular weight is 333 g/mol. The van der Waals surface area contributed by atoms with Gasteiger partial charge in [0, 0.05) is 50.3 Å². The van der Waals surface area contributed by atoms with Crippen LogP contribution in [0.1, 0.15) is 36.0 Å². The minimum atomic E-state index is -0.155. The molecule has 0 saturated carbocycles. The summed E-state index contributed by atoms with van der Waals surface area (Å²) in [6.45, 7) is 3.34. The number of pyridine rings is 1. The van der Waals surface area contributed by atoms with E-state index >= 15 is 0 Å². The number of carbonyl (C=O) groups is 2. The molecule has 1 aromatic rings. The van der Waals surface area contributed by atoms with Crippen LogP contribution in [0, 0.1) is 0 Å². The first kappa shape index (κ1) is 16.7. The van der Waals surface area contributed by atoms with Gasteiger partial charge in [-0.3, -0.25) is 9.59 Å². The topological polar surface area (TPSA) is 80.8 Å². The van der Waals surface area contributed by atoms with Gasteiger partial charge in [0.15, 0.2) is 0 Å². The summed E-state index contributed by atoms with van der Waals surface area (Å²) in [4.78, 5) is 29.7. The van der Waals surface area contributed by atoms with E-state index < -0.39 is 0 Å². The molecule has 1 atom stereocenters. The molecule has 2 saturated heterocycles. The van der Waals surface area contributed by atoms with Gasteiger partial charge in [0.25, 0.3) is 5.91 Å². The maximum Gasteiger partial charge on any atom is 0.251 e. The fourth-order valence-corrected chi connectivity index (χ4v) is 2.91. The second kappa shape index (κ2) is 8.10. The van der Waals surface area contributed by atoms with Crippen molar-refractivity contribution >= 4 is 11.8 Å². The third kappa shape index (κ3) is 4.44. The lowest BCUT2D eigenvalue weighted by atomic mass is 10.2. The number of hydrogen-bond donors (Lipinski definition) is 1. The highest BCUT2D eigenvalue weighted by Gasteiger charge is 2.20. The molecule has 2 aliphatic heterocycles. The minimum absolute atomic E-state index is 0.00816. The van der Waals surface area contributed by atoms with Crippen molar-refractivity contribution in [1.82, 2.24) is 15.2 Å². The quantitative estimate of drug-likeness (QED) is 0.753. The smallest absolute Gasteiger partial charge is 0.251 e. The number of ether oxygens (including phenoxy) is 2. The first-order valence-corrected chi connectivity index (χ1v) is 8.49. The van der Waals surface area contributed by atoms with Crippen LogP contribution < -0.4 is 10.1 Å². The maximum atomic E-state index is 12.2. The molecule has 2 amide bonds. The molecule has 130 valence electrons. The highest BCUT2D eigenvalue weighted by molar-refractivity contribution is 5.94. The van der Waals surface area contributed by atoms with Crippen LogP contribution in [0.4, 0.5) is 0 Å². The Morgan fingerprint density at radius 2 is 2.42 bits per heavy atom. The Kier molecular flexibility index (Phi) is 5.63. The Bertz CT molecular complexity index is 587. The zero-order valence-electron chi connectivity index (χ0n) is 13.7. The molecule has 3 rings (SSSR count). The molecule has 7 nitrogen and oxygen atoms in total. The van der Waals surface area contributed by atoms with Gasteiger partial charge in [-0.15, -0.1) is 0 Å².